The molecule has 1 saturated carbocycles. The number of hydrogen-bond acceptors (Lipinski definition) is 4. The summed E-state index contributed by atoms with van der Waals surface area (Å²) < 4.78 is 5.12. The molecule has 1 aromatic carbocycles. The van der Waals surface area contributed by atoms with Crippen LogP contribution in [0.5, 0.6) is 0 Å². The van der Waals surface area contributed by atoms with Gasteiger partial charge in [0.05, 0.1) is 0 Å². The van der Waals surface area contributed by atoms with Crippen LogP contribution >= 0.6 is 0 Å². The second kappa shape index (κ2) is 8.69. The van der Waals surface area contributed by atoms with Crippen molar-refractivity contribution in [2.75, 3.05) is 11.9 Å². The standard InChI is InChI=1S/C19H27N3O4/c1-19(2,3)26-18(25)20-12-4-5-16(23)21-14-8-6-13(7-9-14)17(24)22-15-10-11-15/h6-9,15H,4-5,10-12H2,1-3H3,(H,20,25)(H,21,23)(H,22,24). The van der Waals surface area contributed by atoms with E-state index in [1.807, 2.05) is 0 Å². The zero-order valence-electron chi connectivity index (χ0n) is 15.6. The summed E-state index contributed by atoms with van der Waals surface area (Å²) in [5, 5.41) is 8.30. The van der Waals surface area contributed by atoms with Gasteiger partial charge in [0, 0.05) is 30.3 Å². The molecule has 1 fully saturated rings. The first-order chi connectivity index (χ1) is 12.2. The Morgan fingerprint density at radius 2 is 1.77 bits per heavy atom. The molecule has 0 saturated heterocycles. The van der Waals surface area contributed by atoms with Gasteiger partial charge in [0.1, 0.15) is 5.60 Å². The van der Waals surface area contributed by atoms with E-state index in [1.165, 1.54) is 0 Å². The first kappa shape index (κ1) is 19.8. The zero-order chi connectivity index (χ0) is 19.2. The molecule has 0 bridgehead atoms. The van der Waals surface area contributed by atoms with E-state index in [0.717, 1.165) is 12.8 Å². The summed E-state index contributed by atoms with van der Waals surface area (Å²) in [6, 6.07) is 7.11. The number of nitrogens with one attached hydrogen (secondary N) is 3. The van der Waals surface area contributed by atoms with Crippen LogP contribution in [0.4, 0.5) is 10.5 Å². The monoisotopic (exact) mass is 361 g/mol. The second-order valence-electron chi connectivity index (χ2n) is 7.41. The molecule has 0 aliphatic heterocycles. The predicted molar refractivity (Wildman–Crippen MR) is 99.0 cm³/mol. The molecule has 0 heterocycles. The van der Waals surface area contributed by atoms with Crippen molar-refractivity contribution in [2.45, 2.75) is 58.1 Å². The number of carbonyl (C=O) groups excluding carboxylic acids is 3. The Balaban J connectivity index is 1.65. The Bertz CT molecular complexity index is 646. The highest BCUT2D eigenvalue weighted by Crippen LogP contribution is 2.19. The Hall–Kier alpha value is -2.57. The smallest absolute Gasteiger partial charge is 0.407 e. The maximum absolute atomic E-state index is 11.9. The highest BCUT2D eigenvalue weighted by Gasteiger charge is 2.23. The van der Waals surface area contributed by atoms with Crippen LogP contribution in [-0.4, -0.2) is 36.1 Å². The largest absolute Gasteiger partial charge is 0.444 e. The molecule has 2 rings (SSSR count). The highest BCUT2D eigenvalue weighted by atomic mass is 16.6. The third-order valence-electron chi connectivity index (χ3n) is 3.59. The summed E-state index contributed by atoms with van der Waals surface area (Å²) in [7, 11) is 0. The number of hydrogen-bond donors (Lipinski definition) is 3. The zero-order valence-corrected chi connectivity index (χ0v) is 15.6. The quantitative estimate of drug-likeness (QED) is 0.651. The molecule has 3 N–H and O–H groups in total. The van der Waals surface area contributed by atoms with E-state index in [2.05, 4.69) is 16.0 Å². The number of amides is 3. The molecule has 0 spiro atoms. The summed E-state index contributed by atoms with van der Waals surface area (Å²) in [6.45, 7) is 5.74. The average Bonchev–Trinajstić information content (AvgIpc) is 3.34. The molecule has 1 aliphatic carbocycles. The topological polar surface area (TPSA) is 96.5 Å². The first-order valence-corrected chi connectivity index (χ1v) is 8.90. The van der Waals surface area contributed by atoms with Crippen molar-refractivity contribution in [2.24, 2.45) is 0 Å². The van der Waals surface area contributed by atoms with Gasteiger partial charge in [-0.05, 0) is 64.3 Å². The molecular weight excluding hydrogens is 334 g/mol. The van der Waals surface area contributed by atoms with Gasteiger partial charge in [0.2, 0.25) is 5.91 Å². The van der Waals surface area contributed by atoms with Gasteiger partial charge in [0.15, 0.2) is 0 Å². The highest BCUT2D eigenvalue weighted by molar-refractivity contribution is 5.96. The Labute approximate surface area is 153 Å². The lowest BCUT2D eigenvalue weighted by atomic mass is 10.2. The summed E-state index contributed by atoms with van der Waals surface area (Å²) in [5.41, 5.74) is 0.679. The van der Waals surface area contributed by atoms with Crippen LogP contribution in [0.3, 0.4) is 0 Å². The fourth-order valence-corrected chi connectivity index (χ4v) is 2.18. The van der Waals surface area contributed by atoms with E-state index < -0.39 is 11.7 Å². The van der Waals surface area contributed by atoms with Gasteiger partial charge in [0.25, 0.3) is 5.91 Å². The van der Waals surface area contributed by atoms with E-state index in [0.29, 0.717) is 30.3 Å². The van der Waals surface area contributed by atoms with Gasteiger partial charge < -0.3 is 20.7 Å². The number of carbonyl (C=O) groups is 3. The van der Waals surface area contributed by atoms with Crippen LogP contribution in [0.2, 0.25) is 0 Å². The van der Waals surface area contributed by atoms with Crippen LogP contribution in [0.15, 0.2) is 24.3 Å². The van der Waals surface area contributed by atoms with Crippen LogP contribution in [-0.2, 0) is 9.53 Å². The second-order valence-corrected chi connectivity index (χ2v) is 7.41. The first-order valence-electron chi connectivity index (χ1n) is 8.90. The number of ether oxygens (including phenoxy) is 1. The summed E-state index contributed by atoms with van der Waals surface area (Å²) >= 11 is 0. The van der Waals surface area contributed by atoms with Gasteiger partial charge in [-0.25, -0.2) is 4.79 Å². The lowest BCUT2D eigenvalue weighted by molar-refractivity contribution is -0.116. The molecule has 142 valence electrons. The molecule has 0 aromatic heterocycles. The summed E-state index contributed by atoms with van der Waals surface area (Å²) in [4.78, 5) is 35.3. The molecular formula is C19H27N3O4. The van der Waals surface area contributed by atoms with Crippen molar-refractivity contribution in [1.82, 2.24) is 10.6 Å². The van der Waals surface area contributed by atoms with E-state index in [-0.39, 0.29) is 18.2 Å². The molecule has 1 aromatic rings. The van der Waals surface area contributed by atoms with Gasteiger partial charge in [-0.3, -0.25) is 9.59 Å². The van der Waals surface area contributed by atoms with Crippen LogP contribution in [0.1, 0.15) is 56.8 Å². The van der Waals surface area contributed by atoms with E-state index in [1.54, 1.807) is 45.0 Å². The maximum atomic E-state index is 11.9. The Morgan fingerprint density at radius 1 is 1.12 bits per heavy atom. The molecule has 0 atom stereocenters. The van der Waals surface area contributed by atoms with Gasteiger partial charge in [-0.1, -0.05) is 0 Å². The van der Waals surface area contributed by atoms with Crippen LogP contribution in [0, 0.1) is 0 Å². The molecule has 7 nitrogen and oxygen atoms in total. The molecule has 7 heteroatoms. The number of anilines is 1. The fraction of sp³-hybridized carbons (Fsp3) is 0.526. The fourth-order valence-electron chi connectivity index (χ4n) is 2.18. The molecule has 0 radical (unpaired) electrons. The van der Waals surface area contributed by atoms with Gasteiger partial charge in [-0.15, -0.1) is 0 Å². The molecule has 26 heavy (non-hydrogen) atoms. The van der Waals surface area contributed by atoms with Crippen molar-refractivity contribution in [3.8, 4) is 0 Å². The van der Waals surface area contributed by atoms with Crippen molar-refractivity contribution in [1.29, 1.82) is 0 Å². The SMILES string of the molecule is CC(C)(C)OC(=O)NCCCC(=O)Nc1ccc(C(=O)NC2CC2)cc1. The minimum Gasteiger partial charge on any atom is -0.444 e. The predicted octanol–water partition coefficient (Wildman–Crippen LogP) is 2.82. The normalized spacial score (nSPS) is 13.7. The number of alkyl carbamates (subject to hydrolysis) is 1. The Morgan fingerprint density at radius 3 is 2.35 bits per heavy atom. The minimum atomic E-state index is -0.539. The van der Waals surface area contributed by atoms with E-state index >= 15 is 0 Å². The lowest BCUT2D eigenvalue weighted by Crippen LogP contribution is -2.33. The maximum Gasteiger partial charge on any atom is 0.407 e. The van der Waals surface area contributed by atoms with Crippen molar-refractivity contribution < 1.29 is 19.1 Å². The van der Waals surface area contributed by atoms with Gasteiger partial charge >= 0.3 is 6.09 Å². The van der Waals surface area contributed by atoms with Crippen LogP contribution in [0.25, 0.3) is 0 Å². The van der Waals surface area contributed by atoms with Crippen molar-refractivity contribution in [3.05, 3.63) is 29.8 Å². The third-order valence-corrected chi connectivity index (χ3v) is 3.59. The Kier molecular flexibility index (Phi) is 6.60. The molecule has 0 unspecified atom stereocenters. The summed E-state index contributed by atoms with van der Waals surface area (Å²) in [5.74, 6) is -0.232. The molecule has 3 amide bonds. The van der Waals surface area contributed by atoms with Crippen molar-refractivity contribution >= 4 is 23.6 Å². The van der Waals surface area contributed by atoms with Crippen molar-refractivity contribution in [3.63, 3.8) is 0 Å². The number of rotatable bonds is 7. The third kappa shape index (κ3) is 7.55. The van der Waals surface area contributed by atoms with E-state index in [4.69, 9.17) is 4.74 Å². The molecule has 1 aliphatic rings. The minimum absolute atomic E-state index is 0.0846. The number of benzene rings is 1. The van der Waals surface area contributed by atoms with Gasteiger partial charge in [-0.2, -0.15) is 0 Å². The van der Waals surface area contributed by atoms with Crippen LogP contribution < -0.4 is 16.0 Å². The van der Waals surface area contributed by atoms with E-state index in [9.17, 15) is 14.4 Å². The average molecular weight is 361 g/mol. The lowest BCUT2D eigenvalue weighted by Gasteiger charge is -2.19. The summed E-state index contributed by atoms with van der Waals surface area (Å²) in [6.07, 6.45) is 2.39.